The van der Waals surface area contributed by atoms with Crippen LogP contribution in [0.5, 0.6) is 5.88 Å². The van der Waals surface area contributed by atoms with Crippen LogP contribution in [0.3, 0.4) is 0 Å². The number of fused-ring (bicyclic) bond motifs is 2. The molecule has 5 rings (SSSR count). The van der Waals surface area contributed by atoms with E-state index in [1.807, 2.05) is 23.1 Å². The van der Waals surface area contributed by atoms with Gasteiger partial charge in [0, 0.05) is 24.4 Å². The molecular formula is C26H25ClN4O2. The molecule has 1 aliphatic rings. The number of hydrogen-bond acceptors (Lipinski definition) is 4. The first-order valence-electron chi connectivity index (χ1n) is 11.1. The Morgan fingerprint density at radius 1 is 1.18 bits per heavy atom. The number of aryl methyl sites for hydroxylation is 1. The van der Waals surface area contributed by atoms with Gasteiger partial charge < -0.3 is 9.64 Å². The Hall–Kier alpha value is -3.38. The van der Waals surface area contributed by atoms with Gasteiger partial charge >= 0.3 is 0 Å². The van der Waals surface area contributed by atoms with Crippen molar-refractivity contribution >= 4 is 23.0 Å². The van der Waals surface area contributed by atoms with E-state index in [1.165, 1.54) is 11.1 Å². The Kier molecular flexibility index (Phi) is 5.54. The Morgan fingerprint density at radius 2 is 2.03 bits per heavy atom. The van der Waals surface area contributed by atoms with Gasteiger partial charge in [0.15, 0.2) is 5.69 Å². The van der Waals surface area contributed by atoms with E-state index in [2.05, 4.69) is 48.2 Å². The van der Waals surface area contributed by atoms with Crippen molar-refractivity contribution in [3.8, 4) is 17.0 Å². The Labute approximate surface area is 197 Å². The maximum Gasteiger partial charge on any atom is 0.274 e. The summed E-state index contributed by atoms with van der Waals surface area (Å²) >= 11 is 6.06. The van der Waals surface area contributed by atoms with Crippen molar-refractivity contribution in [2.24, 2.45) is 0 Å². The monoisotopic (exact) mass is 460 g/mol. The summed E-state index contributed by atoms with van der Waals surface area (Å²) in [4.78, 5) is 19.8. The predicted molar refractivity (Wildman–Crippen MR) is 129 cm³/mol. The lowest BCUT2D eigenvalue weighted by Crippen LogP contribution is -2.39. The number of nitrogens with zero attached hydrogens (tertiary/aromatic N) is 4. The van der Waals surface area contributed by atoms with Crippen molar-refractivity contribution in [1.82, 2.24) is 19.5 Å². The quantitative estimate of drug-likeness (QED) is 0.410. The number of benzene rings is 1. The van der Waals surface area contributed by atoms with Crippen LogP contribution in [-0.4, -0.2) is 39.1 Å². The molecule has 1 amide bonds. The maximum atomic E-state index is 13.3. The lowest BCUT2D eigenvalue weighted by atomic mass is 9.89. The molecule has 1 aliphatic heterocycles. The van der Waals surface area contributed by atoms with E-state index < -0.39 is 0 Å². The normalized spacial score (nSPS) is 15.5. The summed E-state index contributed by atoms with van der Waals surface area (Å²) in [6.45, 7) is 4.82. The van der Waals surface area contributed by atoms with E-state index in [0.29, 0.717) is 23.1 Å². The molecule has 3 aromatic heterocycles. The lowest BCUT2D eigenvalue weighted by molar-refractivity contribution is 0.0671. The van der Waals surface area contributed by atoms with Crippen molar-refractivity contribution in [2.45, 2.75) is 32.7 Å². The molecule has 0 fully saturated rings. The van der Waals surface area contributed by atoms with Crippen molar-refractivity contribution in [2.75, 3.05) is 13.7 Å². The van der Waals surface area contributed by atoms with Crippen molar-refractivity contribution < 1.29 is 9.53 Å². The third-order valence-corrected chi connectivity index (χ3v) is 6.61. The van der Waals surface area contributed by atoms with E-state index in [9.17, 15) is 4.79 Å². The van der Waals surface area contributed by atoms with E-state index in [-0.39, 0.29) is 11.9 Å². The van der Waals surface area contributed by atoms with Crippen LogP contribution < -0.4 is 4.74 Å². The average Bonchev–Trinajstić information content (AvgIpc) is 3.26. The molecule has 0 N–H and O–H groups in total. The molecule has 4 heterocycles. The summed E-state index contributed by atoms with van der Waals surface area (Å²) in [7, 11) is 1.64. The Morgan fingerprint density at radius 3 is 2.82 bits per heavy atom. The SMILES string of the molecule is CCc1nc(OC)ccc1-c1ccc2c(c1)CCN(C(=O)c1cc3ccc(Cl)cn3n1)C2C. The van der Waals surface area contributed by atoms with Crippen molar-refractivity contribution in [3.05, 3.63) is 82.3 Å². The molecule has 168 valence electrons. The first kappa shape index (κ1) is 21.5. The Bertz CT molecular complexity index is 1360. The summed E-state index contributed by atoms with van der Waals surface area (Å²) in [6, 6.07) is 15.9. The molecule has 4 aromatic rings. The number of amides is 1. The third kappa shape index (κ3) is 3.85. The van der Waals surface area contributed by atoms with Gasteiger partial charge in [-0.05, 0) is 60.7 Å². The molecule has 0 aliphatic carbocycles. The molecule has 0 bridgehead atoms. The highest BCUT2D eigenvalue weighted by Crippen LogP contribution is 2.34. The second kappa shape index (κ2) is 8.52. The van der Waals surface area contributed by atoms with E-state index in [0.717, 1.165) is 35.2 Å². The number of carbonyl (C=O) groups is 1. The number of hydrogen-bond donors (Lipinski definition) is 0. The highest BCUT2D eigenvalue weighted by molar-refractivity contribution is 6.30. The number of aromatic nitrogens is 3. The van der Waals surface area contributed by atoms with Gasteiger partial charge in [-0.15, -0.1) is 0 Å². The first-order valence-corrected chi connectivity index (χ1v) is 11.5. The lowest BCUT2D eigenvalue weighted by Gasteiger charge is -2.35. The van der Waals surface area contributed by atoms with Crippen LogP contribution >= 0.6 is 11.6 Å². The highest BCUT2D eigenvalue weighted by atomic mass is 35.5. The minimum absolute atomic E-state index is 0.0386. The van der Waals surface area contributed by atoms with Gasteiger partial charge in [0.25, 0.3) is 5.91 Å². The smallest absolute Gasteiger partial charge is 0.274 e. The number of pyridine rings is 2. The van der Waals surface area contributed by atoms with Gasteiger partial charge in [-0.1, -0.05) is 36.7 Å². The van der Waals surface area contributed by atoms with Gasteiger partial charge in [-0.2, -0.15) is 5.10 Å². The zero-order chi connectivity index (χ0) is 23.1. The van der Waals surface area contributed by atoms with Gasteiger partial charge in [0.1, 0.15) is 0 Å². The van der Waals surface area contributed by atoms with E-state index in [1.54, 1.807) is 23.9 Å². The molecule has 33 heavy (non-hydrogen) atoms. The molecular weight excluding hydrogens is 436 g/mol. The standard InChI is InChI=1S/C26H25ClN4O2/c1-4-23-22(9-10-25(28-23)33-3)17-5-8-21-16(2)30(12-11-18(21)13-17)26(32)24-14-20-7-6-19(27)15-31(20)29-24/h5-10,13-16H,4,11-12H2,1-3H3. The fourth-order valence-corrected chi connectivity index (χ4v) is 4.77. The van der Waals surface area contributed by atoms with Crippen LogP contribution in [0.4, 0.5) is 0 Å². The van der Waals surface area contributed by atoms with Gasteiger partial charge in [-0.25, -0.2) is 9.50 Å². The van der Waals surface area contributed by atoms with Crippen LogP contribution in [0, 0.1) is 0 Å². The fraction of sp³-hybridized carbons (Fsp3) is 0.269. The van der Waals surface area contributed by atoms with Crippen LogP contribution in [0.2, 0.25) is 5.02 Å². The summed E-state index contributed by atoms with van der Waals surface area (Å²) in [5, 5.41) is 5.03. The molecule has 1 unspecified atom stereocenters. The zero-order valence-electron chi connectivity index (χ0n) is 18.9. The molecule has 6 nitrogen and oxygen atoms in total. The van der Waals surface area contributed by atoms with Gasteiger partial charge in [0.2, 0.25) is 5.88 Å². The molecule has 0 saturated heterocycles. The van der Waals surface area contributed by atoms with Crippen molar-refractivity contribution in [3.63, 3.8) is 0 Å². The second-order valence-electron chi connectivity index (χ2n) is 8.29. The van der Waals surface area contributed by atoms with Crippen LogP contribution in [-0.2, 0) is 12.8 Å². The van der Waals surface area contributed by atoms with Crippen LogP contribution in [0.1, 0.15) is 47.2 Å². The largest absolute Gasteiger partial charge is 0.481 e. The predicted octanol–water partition coefficient (Wildman–Crippen LogP) is 5.38. The summed E-state index contributed by atoms with van der Waals surface area (Å²) in [6.07, 6.45) is 3.33. The number of halogens is 1. The Balaban J connectivity index is 1.43. The summed E-state index contributed by atoms with van der Waals surface area (Å²) in [5.41, 5.74) is 6.99. The van der Waals surface area contributed by atoms with Gasteiger partial charge in [0.05, 0.1) is 29.4 Å². The molecule has 7 heteroatoms. The average molecular weight is 461 g/mol. The molecule has 1 aromatic carbocycles. The molecule has 1 atom stereocenters. The minimum Gasteiger partial charge on any atom is -0.481 e. The molecule has 0 saturated carbocycles. The summed E-state index contributed by atoms with van der Waals surface area (Å²) < 4.78 is 6.94. The second-order valence-corrected chi connectivity index (χ2v) is 8.72. The number of ether oxygens (including phenoxy) is 1. The molecule has 0 radical (unpaired) electrons. The van der Waals surface area contributed by atoms with Crippen LogP contribution in [0.15, 0.2) is 54.7 Å². The van der Waals surface area contributed by atoms with Crippen molar-refractivity contribution in [1.29, 1.82) is 0 Å². The maximum absolute atomic E-state index is 13.3. The highest BCUT2D eigenvalue weighted by Gasteiger charge is 2.30. The van der Waals surface area contributed by atoms with E-state index >= 15 is 0 Å². The number of methoxy groups -OCH3 is 1. The summed E-state index contributed by atoms with van der Waals surface area (Å²) in [5.74, 6) is 0.565. The van der Waals surface area contributed by atoms with E-state index in [4.69, 9.17) is 16.3 Å². The fourth-order valence-electron chi connectivity index (χ4n) is 4.62. The number of carbonyl (C=O) groups excluding carboxylic acids is 1. The topological polar surface area (TPSA) is 59.7 Å². The third-order valence-electron chi connectivity index (χ3n) is 6.39. The minimum atomic E-state index is -0.0651. The molecule has 0 spiro atoms. The first-order chi connectivity index (χ1) is 16.0. The van der Waals surface area contributed by atoms with Crippen LogP contribution in [0.25, 0.3) is 16.6 Å². The zero-order valence-corrected chi connectivity index (χ0v) is 19.6. The number of rotatable bonds is 4. The van der Waals surface area contributed by atoms with Gasteiger partial charge in [-0.3, -0.25) is 4.79 Å².